The normalized spacial score (nSPS) is 10.7. The Morgan fingerprint density at radius 3 is 2.36 bits per heavy atom. The lowest BCUT2D eigenvalue weighted by Gasteiger charge is -2.05. The molecule has 0 amide bonds. The molecule has 0 saturated carbocycles. The lowest BCUT2D eigenvalue weighted by Crippen LogP contribution is -2.02. The number of hydrogen-bond donors (Lipinski definition) is 0. The second kappa shape index (κ2) is 7.57. The van der Waals surface area contributed by atoms with Gasteiger partial charge in [-0.2, -0.15) is 0 Å². The van der Waals surface area contributed by atoms with Crippen molar-refractivity contribution in [3.05, 3.63) is 77.1 Å². The maximum absolute atomic E-state index is 12.9. The molecule has 0 N–H and O–H groups in total. The molecule has 0 aliphatic heterocycles. The molecule has 1 heterocycles. The van der Waals surface area contributed by atoms with Gasteiger partial charge in [-0.05, 0) is 67.4 Å². The Balaban J connectivity index is 1.65. The van der Waals surface area contributed by atoms with Gasteiger partial charge in [-0.1, -0.05) is 23.9 Å². The van der Waals surface area contributed by atoms with Crippen molar-refractivity contribution in [2.45, 2.75) is 18.9 Å². The second-order valence-electron chi connectivity index (χ2n) is 5.77. The standard InChI is InChI=1S/C20H17FN2OS/c1-13-3-4-16(11-14(13)2)18-9-10-20(23-22-18)25-12-19(24)15-5-7-17(21)8-6-15/h3-11H,12H2,1-2H3. The predicted octanol–water partition coefficient (Wildman–Crippen LogP) is 4.87. The van der Waals surface area contributed by atoms with E-state index in [2.05, 4.69) is 36.2 Å². The SMILES string of the molecule is Cc1ccc(-c2ccc(SCC(=O)c3ccc(F)cc3)nn2)cc1C. The van der Waals surface area contributed by atoms with Gasteiger partial charge in [0.2, 0.25) is 0 Å². The number of nitrogens with zero attached hydrogens (tertiary/aromatic N) is 2. The van der Waals surface area contributed by atoms with Gasteiger partial charge in [-0.25, -0.2) is 4.39 Å². The average Bonchev–Trinajstić information content (AvgIpc) is 2.63. The number of Topliss-reactive ketones (excluding diaryl/α,β-unsaturated/α-hetero) is 1. The van der Waals surface area contributed by atoms with Crippen LogP contribution < -0.4 is 0 Å². The Morgan fingerprint density at radius 1 is 0.960 bits per heavy atom. The van der Waals surface area contributed by atoms with Gasteiger partial charge in [0.25, 0.3) is 0 Å². The third-order valence-electron chi connectivity index (χ3n) is 3.96. The van der Waals surface area contributed by atoms with E-state index in [1.807, 2.05) is 18.2 Å². The summed E-state index contributed by atoms with van der Waals surface area (Å²) >= 11 is 1.32. The first kappa shape index (κ1) is 17.3. The van der Waals surface area contributed by atoms with E-state index in [1.54, 1.807) is 0 Å². The fraction of sp³-hybridized carbons (Fsp3) is 0.150. The van der Waals surface area contributed by atoms with Crippen molar-refractivity contribution in [1.29, 1.82) is 0 Å². The highest BCUT2D eigenvalue weighted by Crippen LogP contribution is 2.22. The second-order valence-corrected chi connectivity index (χ2v) is 6.77. The number of carbonyl (C=O) groups is 1. The van der Waals surface area contributed by atoms with Crippen molar-refractivity contribution >= 4 is 17.5 Å². The number of thioether (sulfide) groups is 1. The Kier molecular flexibility index (Phi) is 5.24. The summed E-state index contributed by atoms with van der Waals surface area (Å²) in [6.07, 6.45) is 0. The van der Waals surface area contributed by atoms with Crippen LogP contribution in [0.15, 0.2) is 59.6 Å². The Labute approximate surface area is 150 Å². The summed E-state index contributed by atoms with van der Waals surface area (Å²) in [4.78, 5) is 12.1. The van der Waals surface area contributed by atoms with Crippen LogP contribution in [-0.2, 0) is 0 Å². The quantitative estimate of drug-likeness (QED) is 0.485. The van der Waals surface area contributed by atoms with Gasteiger partial charge in [0.15, 0.2) is 5.78 Å². The van der Waals surface area contributed by atoms with Gasteiger partial charge < -0.3 is 0 Å². The molecular weight excluding hydrogens is 335 g/mol. The summed E-state index contributed by atoms with van der Waals surface area (Å²) in [5, 5.41) is 9.12. The molecule has 0 spiro atoms. The molecule has 0 bridgehead atoms. The van der Waals surface area contributed by atoms with Crippen molar-refractivity contribution in [3.63, 3.8) is 0 Å². The van der Waals surface area contributed by atoms with Crippen LogP contribution in [0, 0.1) is 19.7 Å². The first-order valence-electron chi connectivity index (χ1n) is 7.86. The molecule has 2 aromatic carbocycles. The van der Waals surface area contributed by atoms with Gasteiger partial charge in [-0.3, -0.25) is 4.79 Å². The number of benzene rings is 2. The molecule has 0 saturated heterocycles. The van der Waals surface area contributed by atoms with Crippen LogP contribution in [0.5, 0.6) is 0 Å². The average molecular weight is 352 g/mol. The molecular formula is C20H17FN2OS. The summed E-state index contributed by atoms with van der Waals surface area (Å²) in [5.41, 5.74) is 4.77. The van der Waals surface area contributed by atoms with E-state index in [9.17, 15) is 9.18 Å². The first-order chi connectivity index (χ1) is 12.0. The van der Waals surface area contributed by atoms with Crippen molar-refractivity contribution in [2.75, 3.05) is 5.75 Å². The molecule has 3 rings (SSSR count). The molecule has 25 heavy (non-hydrogen) atoms. The molecule has 0 aliphatic rings. The van der Waals surface area contributed by atoms with Gasteiger partial charge in [0.05, 0.1) is 11.4 Å². The summed E-state index contributed by atoms with van der Waals surface area (Å²) < 4.78 is 12.9. The molecule has 0 fully saturated rings. The van der Waals surface area contributed by atoms with E-state index in [0.717, 1.165) is 11.3 Å². The van der Waals surface area contributed by atoms with Crippen LogP contribution in [0.3, 0.4) is 0 Å². The number of aryl methyl sites for hydroxylation is 2. The zero-order chi connectivity index (χ0) is 17.8. The summed E-state index contributed by atoms with van der Waals surface area (Å²) in [6.45, 7) is 4.14. The van der Waals surface area contributed by atoms with E-state index < -0.39 is 0 Å². The minimum absolute atomic E-state index is 0.0648. The molecule has 3 nitrogen and oxygen atoms in total. The van der Waals surface area contributed by atoms with Crippen LogP contribution >= 0.6 is 11.8 Å². The Bertz CT molecular complexity index is 893. The smallest absolute Gasteiger partial charge is 0.173 e. The van der Waals surface area contributed by atoms with E-state index in [0.29, 0.717) is 10.6 Å². The Morgan fingerprint density at radius 2 is 1.72 bits per heavy atom. The topological polar surface area (TPSA) is 42.9 Å². The van der Waals surface area contributed by atoms with Gasteiger partial charge >= 0.3 is 0 Å². The van der Waals surface area contributed by atoms with Crippen LogP contribution in [0.1, 0.15) is 21.5 Å². The number of aromatic nitrogens is 2. The molecule has 5 heteroatoms. The molecule has 0 unspecified atom stereocenters. The molecule has 1 aromatic heterocycles. The number of carbonyl (C=O) groups excluding carboxylic acids is 1. The van der Waals surface area contributed by atoms with E-state index in [4.69, 9.17) is 0 Å². The minimum atomic E-state index is -0.350. The van der Waals surface area contributed by atoms with Crippen LogP contribution in [-0.4, -0.2) is 21.7 Å². The van der Waals surface area contributed by atoms with Gasteiger partial charge in [-0.15, -0.1) is 10.2 Å². The van der Waals surface area contributed by atoms with Crippen molar-refractivity contribution in [1.82, 2.24) is 10.2 Å². The lowest BCUT2D eigenvalue weighted by atomic mass is 10.0. The Hall–Kier alpha value is -2.53. The molecule has 0 atom stereocenters. The van der Waals surface area contributed by atoms with Crippen molar-refractivity contribution < 1.29 is 9.18 Å². The number of rotatable bonds is 5. The maximum Gasteiger partial charge on any atom is 0.173 e. The van der Waals surface area contributed by atoms with Crippen LogP contribution in [0.25, 0.3) is 11.3 Å². The zero-order valence-electron chi connectivity index (χ0n) is 14.0. The van der Waals surface area contributed by atoms with Crippen molar-refractivity contribution in [3.8, 4) is 11.3 Å². The fourth-order valence-corrected chi connectivity index (χ4v) is 3.02. The van der Waals surface area contributed by atoms with E-state index >= 15 is 0 Å². The highest BCUT2D eigenvalue weighted by atomic mass is 32.2. The predicted molar refractivity (Wildman–Crippen MR) is 98.4 cm³/mol. The fourth-order valence-electron chi connectivity index (χ4n) is 2.31. The van der Waals surface area contributed by atoms with Crippen LogP contribution in [0.2, 0.25) is 0 Å². The minimum Gasteiger partial charge on any atom is -0.293 e. The zero-order valence-corrected chi connectivity index (χ0v) is 14.8. The summed E-state index contributed by atoms with van der Waals surface area (Å²) in [6, 6.07) is 15.5. The van der Waals surface area contributed by atoms with E-state index in [-0.39, 0.29) is 17.4 Å². The first-order valence-corrected chi connectivity index (χ1v) is 8.84. The number of halogens is 1. The molecule has 126 valence electrons. The van der Waals surface area contributed by atoms with E-state index in [1.165, 1.54) is 47.2 Å². The molecule has 3 aromatic rings. The summed E-state index contributed by atoms with van der Waals surface area (Å²) in [5.74, 6) is -0.175. The summed E-state index contributed by atoms with van der Waals surface area (Å²) in [7, 11) is 0. The highest BCUT2D eigenvalue weighted by molar-refractivity contribution is 7.99. The van der Waals surface area contributed by atoms with Gasteiger partial charge in [0.1, 0.15) is 10.8 Å². The van der Waals surface area contributed by atoms with Gasteiger partial charge in [0, 0.05) is 11.1 Å². The van der Waals surface area contributed by atoms with Crippen molar-refractivity contribution in [2.24, 2.45) is 0 Å². The largest absolute Gasteiger partial charge is 0.293 e. The van der Waals surface area contributed by atoms with Crippen LogP contribution in [0.4, 0.5) is 4.39 Å². The highest BCUT2D eigenvalue weighted by Gasteiger charge is 2.08. The third-order valence-corrected chi connectivity index (χ3v) is 4.88. The molecule has 0 radical (unpaired) electrons. The maximum atomic E-state index is 12.9. The lowest BCUT2D eigenvalue weighted by molar-refractivity contribution is 0.102. The molecule has 0 aliphatic carbocycles. The number of ketones is 1. The number of hydrogen-bond acceptors (Lipinski definition) is 4. The monoisotopic (exact) mass is 352 g/mol. The third kappa shape index (κ3) is 4.31.